The summed E-state index contributed by atoms with van der Waals surface area (Å²) in [5, 5.41) is 5.96. The van der Waals surface area contributed by atoms with Gasteiger partial charge in [-0.2, -0.15) is 0 Å². The normalized spacial score (nSPS) is 12.4. The highest BCUT2D eigenvalue weighted by Crippen LogP contribution is 2.01. The van der Waals surface area contributed by atoms with Crippen molar-refractivity contribution >= 4 is 5.91 Å². The molecule has 0 aliphatic carbocycles. The maximum atomic E-state index is 11.7. The molecule has 5 nitrogen and oxygen atoms in total. The third-order valence-electron chi connectivity index (χ3n) is 2.42. The molecule has 2 N–H and O–H groups in total. The van der Waals surface area contributed by atoms with Crippen LogP contribution in [0.2, 0.25) is 0 Å². The molecule has 0 saturated heterocycles. The average molecular weight is 239 g/mol. The molecule has 17 heavy (non-hydrogen) atoms. The van der Waals surface area contributed by atoms with Gasteiger partial charge in [-0.25, -0.2) is 0 Å². The number of methoxy groups -OCH3 is 1. The fraction of sp³-hybridized carbons (Fsp3) is 0.583. The van der Waals surface area contributed by atoms with Crippen LogP contribution in [-0.2, 0) is 22.6 Å². The first kappa shape index (κ1) is 13.7. The highest BCUT2D eigenvalue weighted by atomic mass is 16.5. The average Bonchev–Trinajstić information content (AvgIpc) is 2.66. The maximum absolute atomic E-state index is 11.7. The van der Waals surface area contributed by atoms with E-state index in [1.165, 1.54) is 0 Å². The Balaban J connectivity index is 2.47. The number of nitrogens with zero attached hydrogens (tertiary/aromatic N) is 1. The van der Waals surface area contributed by atoms with Gasteiger partial charge < -0.3 is 19.9 Å². The van der Waals surface area contributed by atoms with Gasteiger partial charge in [-0.05, 0) is 26.1 Å². The fourth-order valence-electron chi connectivity index (χ4n) is 1.71. The first-order valence-electron chi connectivity index (χ1n) is 5.74. The zero-order chi connectivity index (χ0) is 12.7. The monoisotopic (exact) mass is 239 g/mol. The summed E-state index contributed by atoms with van der Waals surface area (Å²) in [6.07, 6.45) is 1.91. The second-order valence-electron chi connectivity index (χ2n) is 4.08. The van der Waals surface area contributed by atoms with Gasteiger partial charge in [0.05, 0.1) is 6.61 Å². The van der Waals surface area contributed by atoms with E-state index < -0.39 is 0 Å². The van der Waals surface area contributed by atoms with Gasteiger partial charge in [-0.15, -0.1) is 0 Å². The molecule has 1 unspecified atom stereocenters. The van der Waals surface area contributed by atoms with Gasteiger partial charge in [0, 0.05) is 31.6 Å². The molecule has 0 radical (unpaired) electrons. The Kier molecular flexibility index (Phi) is 5.72. The van der Waals surface area contributed by atoms with Crippen LogP contribution in [0.15, 0.2) is 18.3 Å². The van der Waals surface area contributed by atoms with Crippen LogP contribution >= 0.6 is 0 Å². The van der Waals surface area contributed by atoms with E-state index in [2.05, 4.69) is 10.6 Å². The van der Waals surface area contributed by atoms with Gasteiger partial charge in [0.25, 0.3) is 0 Å². The zero-order valence-electron chi connectivity index (χ0n) is 10.7. The molecule has 1 aromatic heterocycles. The van der Waals surface area contributed by atoms with Crippen LogP contribution in [0.5, 0.6) is 0 Å². The van der Waals surface area contributed by atoms with Crippen LogP contribution in [-0.4, -0.2) is 37.3 Å². The number of nitrogens with one attached hydrogen (secondary N) is 2. The lowest BCUT2D eigenvalue weighted by Crippen LogP contribution is -2.37. The molecular formula is C12H21N3O2. The number of hydrogen-bond acceptors (Lipinski definition) is 3. The Bertz CT molecular complexity index is 349. The Labute approximate surface area is 102 Å². The maximum Gasteiger partial charge on any atom is 0.240 e. The van der Waals surface area contributed by atoms with Crippen molar-refractivity contribution in [3.05, 3.63) is 24.0 Å². The zero-order valence-corrected chi connectivity index (χ0v) is 10.7. The molecule has 1 aromatic rings. The molecule has 0 saturated carbocycles. The van der Waals surface area contributed by atoms with E-state index in [0.717, 1.165) is 12.2 Å². The number of ether oxygens (including phenoxy) is 1. The van der Waals surface area contributed by atoms with Crippen LogP contribution in [0.4, 0.5) is 0 Å². The van der Waals surface area contributed by atoms with E-state index in [1.54, 1.807) is 7.11 Å². The summed E-state index contributed by atoms with van der Waals surface area (Å²) in [7, 11) is 3.51. The number of carbonyl (C=O) groups excluding carboxylic acids is 1. The predicted octanol–water partition coefficient (Wildman–Crippen LogP) is 0.359. The van der Waals surface area contributed by atoms with E-state index in [1.807, 2.05) is 36.9 Å². The smallest absolute Gasteiger partial charge is 0.240 e. The topological polar surface area (TPSA) is 55.3 Å². The summed E-state index contributed by atoms with van der Waals surface area (Å²) >= 11 is 0. The standard InChI is InChI=1S/C12H21N3O2/c1-10(9-17-3)14-12(16)8-15-6-4-5-11(15)7-13-2/h4-6,10,13H,7-9H2,1-3H3,(H,14,16). The van der Waals surface area contributed by atoms with Crippen molar-refractivity contribution in [3.8, 4) is 0 Å². The second-order valence-corrected chi connectivity index (χ2v) is 4.08. The third kappa shape index (κ3) is 4.58. The van der Waals surface area contributed by atoms with Crippen LogP contribution in [0.3, 0.4) is 0 Å². The van der Waals surface area contributed by atoms with Crippen LogP contribution in [0, 0.1) is 0 Å². The molecule has 0 aliphatic rings. The van der Waals surface area contributed by atoms with E-state index in [4.69, 9.17) is 4.74 Å². The minimum Gasteiger partial charge on any atom is -0.383 e. The number of aromatic nitrogens is 1. The predicted molar refractivity (Wildman–Crippen MR) is 66.7 cm³/mol. The van der Waals surface area contributed by atoms with E-state index in [9.17, 15) is 4.79 Å². The summed E-state index contributed by atoms with van der Waals surface area (Å²) in [6.45, 7) is 3.55. The summed E-state index contributed by atoms with van der Waals surface area (Å²) in [6, 6.07) is 3.98. The first-order valence-corrected chi connectivity index (χ1v) is 5.74. The lowest BCUT2D eigenvalue weighted by atomic mass is 10.3. The molecule has 0 aromatic carbocycles. The highest BCUT2D eigenvalue weighted by molar-refractivity contribution is 5.76. The van der Waals surface area contributed by atoms with Crippen molar-refractivity contribution in [1.29, 1.82) is 0 Å². The van der Waals surface area contributed by atoms with Crippen LogP contribution in [0.25, 0.3) is 0 Å². The summed E-state index contributed by atoms with van der Waals surface area (Å²) in [4.78, 5) is 11.7. The Morgan fingerprint density at radius 1 is 1.59 bits per heavy atom. The number of carbonyl (C=O) groups is 1. The summed E-state index contributed by atoms with van der Waals surface area (Å²) < 4.78 is 6.91. The van der Waals surface area contributed by atoms with Gasteiger partial charge >= 0.3 is 0 Å². The number of amides is 1. The molecule has 1 atom stereocenters. The van der Waals surface area contributed by atoms with Crippen LogP contribution < -0.4 is 10.6 Å². The van der Waals surface area contributed by atoms with Gasteiger partial charge in [-0.3, -0.25) is 4.79 Å². The van der Waals surface area contributed by atoms with Crippen molar-refractivity contribution in [1.82, 2.24) is 15.2 Å². The van der Waals surface area contributed by atoms with E-state index >= 15 is 0 Å². The van der Waals surface area contributed by atoms with Crippen molar-refractivity contribution in [2.24, 2.45) is 0 Å². The molecular weight excluding hydrogens is 218 g/mol. The summed E-state index contributed by atoms with van der Waals surface area (Å²) in [5.41, 5.74) is 1.10. The molecule has 0 spiro atoms. The highest BCUT2D eigenvalue weighted by Gasteiger charge is 2.09. The molecule has 0 bridgehead atoms. The Morgan fingerprint density at radius 3 is 3.00 bits per heavy atom. The minimum atomic E-state index is 0.00287. The lowest BCUT2D eigenvalue weighted by Gasteiger charge is -2.14. The van der Waals surface area contributed by atoms with Crippen LogP contribution in [0.1, 0.15) is 12.6 Å². The molecule has 1 rings (SSSR count). The lowest BCUT2D eigenvalue weighted by molar-refractivity contribution is -0.122. The Hall–Kier alpha value is -1.33. The first-order chi connectivity index (χ1) is 8.17. The SMILES string of the molecule is CNCc1cccn1CC(=O)NC(C)COC. The van der Waals surface area contributed by atoms with Crippen molar-refractivity contribution in [2.45, 2.75) is 26.1 Å². The van der Waals surface area contributed by atoms with Crippen molar-refractivity contribution in [2.75, 3.05) is 20.8 Å². The molecule has 0 fully saturated rings. The van der Waals surface area contributed by atoms with E-state index in [-0.39, 0.29) is 11.9 Å². The van der Waals surface area contributed by atoms with E-state index in [0.29, 0.717) is 13.2 Å². The summed E-state index contributed by atoms with van der Waals surface area (Å²) in [5.74, 6) is 0.00287. The molecule has 1 amide bonds. The third-order valence-corrected chi connectivity index (χ3v) is 2.42. The Morgan fingerprint density at radius 2 is 2.35 bits per heavy atom. The quantitative estimate of drug-likeness (QED) is 0.722. The van der Waals surface area contributed by atoms with Gasteiger partial charge in [0.15, 0.2) is 0 Å². The van der Waals surface area contributed by atoms with Crippen molar-refractivity contribution < 1.29 is 9.53 Å². The van der Waals surface area contributed by atoms with Gasteiger partial charge in [0.1, 0.15) is 6.54 Å². The second kappa shape index (κ2) is 7.09. The molecule has 0 aliphatic heterocycles. The van der Waals surface area contributed by atoms with Gasteiger partial charge in [-0.1, -0.05) is 0 Å². The molecule has 96 valence electrons. The van der Waals surface area contributed by atoms with Crippen molar-refractivity contribution in [3.63, 3.8) is 0 Å². The largest absolute Gasteiger partial charge is 0.383 e. The number of rotatable bonds is 7. The molecule has 1 heterocycles. The minimum absolute atomic E-state index is 0.00287. The molecule has 5 heteroatoms. The number of hydrogen-bond donors (Lipinski definition) is 2. The fourth-order valence-corrected chi connectivity index (χ4v) is 1.71. The van der Waals surface area contributed by atoms with Gasteiger partial charge in [0.2, 0.25) is 5.91 Å².